The normalized spacial score (nSPS) is 12.3. The van der Waals surface area contributed by atoms with Crippen molar-refractivity contribution in [3.8, 4) is 51.1 Å². The van der Waals surface area contributed by atoms with Crippen molar-refractivity contribution in [1.29, 1.82) is 5.26 Å². The van der Waals surface area contributed by atoms with E-state index in [0.29, 0.717) is 55.3 Å². The summed E-state index contributed by atoms with van der Waals surface area (Å²) in [5.74, 6) is 0. The quantitative estimate of drug-likeness (QED) is 0.153. The highest BCUT2D eigenvalue weighted by Gasteiger charge is 2.43. The Kier molecular flexibility index (Phi) is 15.2. The summed E-state index contributed by atoms with van der Waals surface area (Å²) in [7, 11) is 0. The van der Waals surface area contributed by atoms with E-state index in [0.717, 1.165) is 111 Å². The fourth-order valence-corrected chi connectivity index (χ4v) is 15.3. The fraction of sp³-hybridized carbons (Fsp3) is 0.151. The van der Waals surface area contributed by atoms with Crippen molar-refractivity contribution in [2.45, 2.75) is 87.8 Å². The second kappa shape index (κ2) is 23.4. The summed E-state index contributed by atoms with van der Waals surface area (Å²) < 4.78 is 145. The molecule has 14 heteroatoms. The van der Waals surface area contributed by atoms with Crippen molar-refractivity contribution in [3.05, 3.63) is 284 Å². The average molecular weight is 1340 g/mol. The summed E-state index contributed by atoms with van der Waals surface area (Å²) in [4.78, 5) is 0. The Hall–Kier alpha value is -11.3. The van der Waals surface area contributed by atoms with Gasteiger partial charge < -0.3 is 18.3 Å². The molecule has 0 atom stereocenters. The summed E-state index contributed by atoms with van der Waals surface area (Å²) in [6, 6.07) is 63.8. The van der Waals surface area contributed by atoms with E-state index in [4.69, 9.17) is 0 Å². The topological polar surface area (TPSA) is 43.5 Å². The number of nitriles is 1. The van der Waals surface area contributed by atoms with Crippen molar-refractivity contribution >= 4 is 87.2 Å². The van der Waals surface area contributed by atoms with Crippen LogP contribution in [0.1, 0.15) is 77.9 Å². The molecule has 496 valence electrons. The third kappa shape index (κ3) is 10.5. The summed E-state index contributed by atoms with van der Waals surface area (Å²) >= 11 is 0. The van der Waals surface area contributed by atoms with E-state index < -0.39 is 35.2 Å². The zero-order valence-corrected chi connectivity index (χ0v) is 56.3. The molecule has 0 saturated heterocycles. The van der Waals surface area contributed by atoms with Crippen LogP contribution in [0.5, 0.6) is 0 Å². The molecule has 16 aromatic rings. The molecule has 0 unspecified atom stereocenters. The molecule has 16 rings (SSSR count). The lowest BCUT2D eigenvalue weighted by Gasteiger charge is -2.26. The van der Waals surface area contributed by atoms with E-state index in [1.807, 2.05) is 149 Å². The molecule has 0 radical (unpaired) electrons. The van der Waals surface area contributed by atoms with Gasteiger partial charge >= 0.3 is 18.5 Å². The first-order valence-corrected chi connectivity index (χ1v) is 32.8. The van der Waals surface area contributed by atoms with Crippen LogP contribution in [0.3, 0.4) is 0 Å². The first-order valence-electron chi connectivity index (χ1n) is 32.8. The lowest BCUT2D eigenvalue weighted by Crippen LogP contribution is -2.18. The second-order valence-electron chi connectivity index (χ2n) is 26.8. The lowest BCUT2D eigenvalue weighted by molar-refractivity contribution is -0.138. The van der Waals surface area contributed by atoms with Crippen LogP contribution in [0.25, 0.3) is 132 Å². The number of fused-ring (bicyclic) bond motifs is 12. The Morgan fingerprint density at radius 2 is 0.540 bits per heavy atom. The average Bonchev–Trinajstić information content (AvgIpc) is 1.49. The molecule has 0 aliphatic carbocycles. The van der Waals surface area contributed by atoms with Crippen LogP contribution >= 0.6 is 0 Å². The maximum Gasteiger partial charge on any atom is 0.420 e. The van der Waals surface area contributed by atoms with Gasteiger partial charge in [0.1, 0.15) is 17.2 Å². The molecule has 4 heterocycles. The van der Waals surface area contributed by atoms with Crippen molar-refractivity contribution in [3.63, 3.8) is 0 Å². The SMILES string of the molecule is Cc1ccc2c(c1)c1cc(C)ccc1n2-c1ccc(-c2c(C)cccc2C(F)(F)F)c(-n2c3ccc(C)cc3c3cc(C)ccc32)c1C#N.Cc1ccc2c(c1)c1cc(C)ccc1n2-c1ccc(-c2c(C)cccc2C(F)(F)F)c(-n2c3ccc(C)cc3c3cc(C)ccc32)c1C(F)(F)F. The van der Waals surface area contributed by atoms with Gasteiger partial charge in [-0.05, 0) is 213 Å². The van der Waals surface area contributed by atoms with Gasteiger partial charge in [0.05, 0.1) is 78.0 Å². The fourth-order valence-electron chi connectivity index (χ4n) is 15.3. The van der Waals surface area contributed by atoms with Gasteiger partial charge in [-0.15, -0.1) is 0 Å². The van der Waals surface area contributed by atoms with Crippen LogP contribution in [0.2, 0.25) is 0 Å². The van der Waals surface area contributed by atoms with Crippen LogP contribution in [0.4, 0.5) is 39.5 Å². The molecule has 12 aromatic carbocycles. The summed E-state index contributed by atoms with van der Waals surface area (Å²) in [5, 5.41) is 18.3. The first-order chi connectivity index (χ1) is 47.6. The van der Waals surface area contributed by atoms with Crippen molar-refractivity contribution in [2.24, 2.45) is 0 Å². The van der Waals surface area contributed by atoms with E-state index in [9.17, 15) is 31.6 Å². The number of aryl methyl sites for hydroxylation is 10. The molecule has 4 aromatic heterocycles. The minimum Gasteiger partial charge on any atom is -0.309 e. The number of hydrogen-bond donors (Lipinski definition) is 0. The number of aromatic nitrogens is 4. The molecular weight excluding hydrogens is 1270 g/mol. The molecule has 0 fully saturated rings. The second-order valence-corrected chi connectivity index (χ2v) is 26.8. The highest BCUT2D eigenvalue weighted by Crippen LogP contribution is 2.52. The first kappa shape index (κ1) is 64.7. The molecule has 0 saturated carbocycles. The molecule has 0 bridgehead atoms. The van der Waals surface area contributed by atoms with Gasteiger partial charge in [-0.1, -0.05) is 129 Å². The van der Waals surface area contributed by atoms with Gasteiger partial charge in [-0.25, -0.2) is 0 Å². The number of alkyl halides is 9. The van der Waals surface area contributed by atoms with Crippen molar-refractivity contribution < 1.29 is 39.5 Å². The standard InChI is InChI=1S/C43H32F6N2.C43H32F3N3/c1-23-9-14-34-29(19-23)30-20-24(2)10-15-35(30)50(34)38-18-13-28(39-27(5)7-6-8-33(39)42(44,45)46)41(40(38)43(47,48)49)51-36-16-11-25(3)21-31(36)32-22-26(4)12-17-37(32)51;1-24-9-14-36-30(19-24)31-20-25(2)10-15-37(31)48(36)40-18-13-29(41-28(5)7-6-8-35(41)43(44,45)46)42(34(40)23-47)49-38-16-11-26(3)21-32(38)33-22-27(4)12-17-39(33)49/h6-22H,1-5H3;6-22H,1-5H3. The van der Waals surface area contributed by atoms with Crippen LogP contribution < -0.4 is 0 Å². The Morgan fingerprint density at radius 1 is 0.280 bits per heavy atom. The van der Waals surface area contributed by atoms with Gasteiger partial charge in [0, 0.05) is 54.2 Å². The molecule has 100 heavy (non-hydrogen) atoms. The number of benzene rings is 12. The monoisotopic (exact) mass is 1340 g/mol. The van der Waals surface area contributed by atoms with Crippen molar-refractivity contribution in [2.75, 3.05) is 0 Å². The molecule has 0 aliphatic heterocycles. The molecule has 0 spiro atoms. The largest absolute Gasteiger partial charge is 0.420 e. The Labute approximate surface area is 570 Å². The van der Waals surface area contributed by atoms with E-state index >= 15 is 13.2 Å². The number of halogens is 9. The van der Waals surface area contributed by atoms with Crippen LogP contribution in [-0.4, -0.2) is 18.3 Å². The zero-order chi connectivity index (χ0) is 70.5. The van der Waals surface area contributed by atoms with Gasteiger partial charge in [-0.3, -0.25) is 0 Å². The Bertz CT molecular complexity index is 5950. The molecule has 5 nitrogen and oxygen atoms in total. The summed E-state index contributed by atoms with van der Waals surface area (Å²) in [5.41, 5.74) is 12.2. The van der Waals surface area contributed by atoms with Gasteiger partial charge in [0.25, 0.3) is 0 Å². The van der Waals surface area contributed by atoms with E-state index in [-0.39, 0.29) is 39.2 Å². The smallest absolute Gasteiger partial charge is 0.309 e. The zero-order valence-electron chi connectivity index (χ0n) is 56.3. The van der Waals surface area contributed by atoms with Crippen LogP contribution in [-0.2, 0) is 18.5 Å². The minimum atomic E-state index is -5.00. The highest BCUT2D eigenvalue weighted by atomic mass is 19.4. The van der Waals surface area contributed by atoms with Crippen molar-refractivity contribution in [1.82, 2.24) is 18.3 Å². The van der Waals surface area contributed by atoms with Gasteiger partial charge in [0.2, 0.25) is 0 Å². The number of hydrogen-bond acceptors (Lipinski definition) is 1. The van der Waals surface area contributed by atoms with E-state index in [2.05, 4.69) is 60.9 Å². The predicted octanol–water partition coefficient (Wildman–Crippen LogP) is 25.1. The molecular formula is C86H64F9N5. The predicted molar refractivity (Wildman–Crippen MR) is 388 cm³/mol. The van der Waals surface area contributed by atoms with Gasteiger partial charge in [0.15, 0.2) is 0 Å². The van der Waals surface area contributed by atoms with Gasteiger partial charge in [-0.2, -0.15) is 44.8 Å². The Morgan fingerprint density at radius 3 is 0.820 bits per heavy atom. The maximum absolute atomic E-state index is 16.2. The number of rotatable bonds is 6. The lowest BCUT2D eigenvalue weighted by atomic mass is 9.90. The third-order valence-corrected chi connectivity index (χ3v) is 19.6. The van der Waals surface area contributed by atoms with Crippen LogP contribution in [0, 0.1) is 80.6 Å². The molecule has 0 amide bonds. The molecule has 0 aliphatic rings. The third-order valence-electron chi connectivity index (χ3n) is 19.6. The number of nitrogens with zero attached hydrogens (tertiary/aromatic N) is 5. The summed E-state index contributed by atoms with van der Waals surface area (Å²) in [6.07, 6.45) is -14.4. The Balaban J connectivity index is 0.000000163. The maximum atomic E-state index is 16.2. The molecule has 0 N–H and O–H groups in total. The highest BCUT2D eigenvalue weighted by molar-refractivity contribution is 6.14. The van der Waals surface area contributed by atoms with E-state index in [1.165, 1.54) is 41.8 Å². The minimum absolute atomic E-state index is 0.0655. The van der Waals surface area contributed by atoms with E-state index in [1.54, 1.807) is 35.8 Å². The van der Waals surface area contributed by atoms with Crippen LogP contribution in [0.15, 0.2) is 206 Å². The summed E-state index contributed by atoms with van der Waals surface area (Å²) in [6.45, 7) is 19.0.